The van der Waals surface area contributed by atoms with Gasteiger partial charge in [0.05, 0.1) is 12.5 Å². The van der Waals surface area contributed by atoms with Gasteiger partial charge in [-0.05, 0) is 82.2 Å². The van der Waals surface area contributed by atoms with Gasteiger partial charge in [0.2, 0.25) is 0 Å². The van der Waals surface area contributed by atoms with E-state index in [2.05, 4.69) is 76.2 Å². The molecule has 0 amide bonds. The number of methoxy groups -OCH3 is 1. The molecule has 4 rings (SSSR count). The molecule has 0 aliphatic heterocycles. The predicted molar refractivity (Wildman–Crippen MR) is 130 cm³/mol. The van der Waals surface area contributed by atoms with Gasteiger partial charge in [-0.1, -0.05) is 76.2 Å². The van der Waals surface area contributed by atoms with Crippen LogP contribution < -0.4 is 0 Å². The lowest BCUT2D eigenvalue weighted by Gasteiger charge is -2.42. The summed E-state index contributed by atoms with van der Waals surface area (Å²) >= 11 is 0. The minimum atomic E-state index is -0.668. The van der Waals surface area contributed by atoms with Crippen molar-refractivity contribution in [2.75, 3.05) is 7.11 Å². The van der Waals surface area contributed by atoms with E-state index in [-0.39, 0.29) is 16.8 Å². The first kappa shape index (κ1) is 21.6. The molecule has 0 bridgehead atoms. The molecule has 0 saturated carbocycles. The Morgan fingerprint density at radius 2 is 1.32 bits per heavy atom. The summed E-state index contributed by atoms with van der Waals surface area (Å²) in [5, 5.41) is 2.32. The van der Waals surface area contributed by atoms with E-state index < -0.39 is 5.41 Å². The number of rotatable bonds is 3. The zero-order valence-corrected chi connectivity index (χ0v) is 19.9. The quantitative estimate of drug-likeness (QED) is 0.420. The Morgan fingerprint density at radius 1 is 0.774 bits per heavy atom. The van der Waals surface area contributed by atoms with E-state index >= 15 is 0 Å². The first-order chi connectivity index (χ1) is 14.5. The lowest BCUT2D eigenvalue weighted by molar-refractivity contribution is -0.146. The van der Waals surface area contributed by atoms with Crippen molar-refractivity contribution in [3.05, 3.63) is 71.3 Å². The van der Waals surface area contributed by atoms with Crippen molar-refractivity contribution in [3.8, 4) is 11.1 Å². The molecule has 162 valence electrons. The second-order valence-electron chi connectivity index (χ2n) is 10.9. The number of esters is 1. The molecule has 3 aromatic rings. The Hall–Kier alpha value is -2.61. The van der Waals surface area contributed by atoms with Gasteiger partial charge in [-0.25, -0.2) is 0 Å². The van der Waals surface area contributed by atoms with Crippen LogP contribution in [0.5, 0.6) is 0 Å². The van der Waals surface area contributed by atoms with Crippen LogP contribution in [0.2, 0.25) is 0 Å². The molecule has 0 spiro atoms. The lowest BCUT2D eigenvalue weighted by Crippen LogP contribution is -2.33. The second kappa shape index (κ2) is 7.22. The summed E-state index contributed by atoms with van der Waals surface area (Å²) in [4.78, 5) is 12.2. The highest BCUT2D eigenvalue weighted by atomic mass is 16.5. The summed E-state index contributed by atoms with van der Waals surface area (Å²) in [6, 6.07) is 19.9. The van der Waals surface area contributed by atoms with E-state index in [1.807, 2.05) is 19.9 Å². The highest BCUT2D eigenvalue weighted by Crippen LogP contribution is 2.46. The Kier molecular flexibility index (Phi) is 5.04. The SMILES string of the molecule is COC(=O)C(C)(C)c1ccc2cc(-c3ccc4c(c3)C(C)(C)CCC4(C)C)ccc2c1. The number of fused-ring (bicyclic) bond motifs is 2. The van der Waals surface area contributed by atoms with Crippen molar-refractivity contribution in [2.24, 2.45) is 0 Å². The topological polar surface area (TPSA) is 26.3 Å². The number of ether oxygens (including phenoxy) is 1. The van der Waals surface area contributed by atoms with E-state index in [1.165, 1.54) is 47.6 Å². The van der Waals surface area contributed by atoms with E-state index in [0.717, 1.165) is 10.9 Å². The molecule has 0 N–H and O–H groups in total. The fraction of sp³-hybridized carbons (Fsp3) is 0.414. The van der Waals surface area contributed by atoms with Crippen molar-refractivity contribution in [1.29, 1.82) is 0 Å². The maximum atomic E-state index is 12.2. The van der Waals surface area contributed by atoms with Crippen molar-refractivity contribution < 1.29 is 9.53 Å². The van der Waals surface area contributed by atoms with E-state index in [1.54, 1.807) is 0 Å². The Balaban J connectivity index is 1.76. The summed E-state index contributed by atoms with van der Waals surface area (Å²) in [5.41, 5.74) is 6.21. The van der Waals surface area contributed by atoms with Crippen molar-refractivity contribution in [3.63, 3.8) is 0 Å². The van der Waals surface area contributed by atoms with Crippen LogP contribution in [0, 0.1) is 0 Å². The maximum absolute atomic E-state index is 12.2. The van der Waals surface area contributed by atoms with Gasteiger partial charge in [0.1, 0.15) is 0 Å². The minimum absolute atomic E-state index is 0.200. The molecule has 0 fully saturated rings. The van der Waals surface area contributed by atoms with Gasteiger partial charge < -0.3 is 4.74 Å². The van der Waals surface area contributed by atoms with Gasteiger partial charge in [-0.3, -0.25) is 4.79 Å². The predicted octanol–water partition coefficient (Wildman–Crippen LogP) is 7.31. The van der Waals surface area contributed by atoms with Crippen molar-refractivity contribution in [1.82, 2.24) is 0 Å². The molecule has 2 heteroatoms. The third-order valence-corrected chi connectivity index (χ3v) is 7.44. The standard InChI is InChI=1S/C29H34O2/c1-27(2)14-15-28(3,4)25-18-22(11-13-24(25)27)19-8-9-21-17-23(12-10-20(21)16-19)29(5,6)26(30)31-7/h8-13,16-18H,14-15H2,1-7H3. The second-order valence-corrected chi connectivity index (χ2v) is 10.9. The average molecular weight is 415 g/mol. The van der Waals surface area contributed by atoms with E-state index in [4.69, 9.17) is 4.74 Å². The van der Waals surface area contributed by atoms with Crippen molar-refractivity contribution >= 4 is 16.7 Å². The fourth-order valence-electron chi connectivity index (χ4n) is 4.96. The molecule has 0 radical (unpaired) electrons. The fourth-order valence-corrected chi connectivity index (χ4v) is 4.96. The highest BCUT2D eigenvalue weighted by Gasteiger charge is 2.37. The Bertz CT molecular complexity index is 1160. The molecule has 0 saturated heterocycles. The van der Waals surface area contributed by atoms with Crippen LogP contribution >= 0.6 is 0 Å². The largest absolute Gasteiger partial charge is 0.468 e. The summed E-state index contributed by atoms with van der Waals surface area (Å²) in [5.74, 6) is -0.219. The number of benzene rings is 3. The van der Waals surface area contributed by atoms with Crippen molar-refractivity contribution in [2.45, 2.75) is 70.6 Å². The molecule has 2 nitrogen and oxygen atoms in total. The normalized spacial score (nSPS) is 17.3. The van der Waals surface area contributed by atoms with Gasteiger partial charge in [0.15, 0.2) is 0 Å². The van der Waals surface area contributed by atoms with Crippen LogP contribution in [-0.2, 0) is 25.8 Å². The van der Waals surface area contributed by atoms with E-state index in [0.29, 0.717) is 0 Å². The van der Waals surface area contributed by atoms with Crippen LogP contribution in [0.15, 0.2) is 54.6 Å². The monoisotopic (exact) mass is 414 g/mol. The third kappa shape index (κ3) is 3.67. The lowest BCUT2D eigenvalue weighted by atomic mass is 9.63. The van der Waals surface area contributed by atoms with Gasteiger partial charge >= 0.3 is 5.97 Å². The summed E-state index contributed by atoms with van der Waals surface area (Å²) in [6.07, 6.45) is 2.44. The molecule has 0 atom stereocenters. The smallest absolute Gasteiger partial charge is 0.315 e. The van der Waals surface area contributed by atoms with Crippen LogP contribution in [0.3, 0.4) is 0 Å². The molecule has 0 aromatic heterocycles. The Morgan fingerprint density at radius 3 is 2.00 bits per heavy atom. The molecule has 0 unspecified atom stereocenters. The Labute approximate surface area is 186 Å². The molecule has 31 heavy (non-hydrogen) atoms. The third-order valence-electron chi connectivity index (χ3n) is 7.44. The molecule has 1 aliphatic carbocycles. The average Bonchev–Trinajstić information content (AvgIpc) is 2.75. The summed E-state index contributed by atoms with van der Waals surface area (Å²) < 4.78 is 5.00. The zero-order valence-electron chi connectivity index (χ0n) is 19.9. The number of hydrogen-bond acceptors (Lipinski definition) is 2. The highest BCUT2D eigenvalue weighted by molar-refractivity contribution is 5.90. The molecule has 3 aromatic carbocycles. The minimum Gasteiger partial charge on any atom is -0.468 e. The molecule has 0 heterocycles. The van der Waals surface area contributed by atoms with Gasteiger partial charge in [-0.2, -0.15) is 0 Å². The van der Waals surface area contributed by atoms with Crippen LogP contribution in [-0.4, -0.2) is 13.1 Å². The molecular weight excluding hydrogens is 380 g/mol. The van der Waals surface area contributed by atoms with Gasteiger partial charge in [0.25, 0.3) is 0 Å². The number of hydrogen-bond donors (Lipinski definition) is 0. The van der Waals surface area contributed by atoms with Gasteiger partial charge in [0, 0.05) is 0 Å². The first-order valence-electron chi connectivity index (χ1n) is 11.2. The maximum Gasteiger partial charge on any atom is 0.315 e. The first-order valence-corrected chi connectivity index (χ1v) is 11.2. The summed E-state index contributed by atoms with van der Waals surface area (Å²) in [7, 11) is 1.44. The van der Waals surface area contributed by atoms with E-state index in [9.17, 15) is 4.79 Å². The number of carbonyl (C=O) groups excluding carboxylic acids is 1. The molecule has 1 aliphatic rings. The zero-order chi connectivity index (χ0) is 22.6. The van der Waals surface area contributed by atoms with Gasteiger partial charge in [-0.15, -0.1) is 0 Å². The molecular formula is C29H34O2. The number of carbonyl (C=O) groups is 1. The van der Waals surface area contributed by atoms with Crippen LogP contribution in [0.1, 0.15) is 71.1 Å². The summed E-state index contributed by atoms with van der Waals surface area (Å²) in [6.45, 7) is 13.3. The van der Waals surface area contributed by atoms with Crippen LogP contribution in [0.25, 0.3) is 21.9 Å². The van der Waals surface area contributed by atoms with Crippen LogP contribution in [0.4, 0.5) is 0 Å².